The summed E-state index contributed by atoms with van der Waals surface area (Å²) in [5.41, 5.74) is 6.09. The maximum Gasteiger partial charge on any atom is 0.254 e. The van der Waals surface area contributed by atoms with Crippen molar-refractivity contribution in [2.24, 2.45) is 5.14 Å². The molecular formula is C24H22FN3O2S. The van der Waals surface area contributed by atoms with Crippen molar-refractivity contribution in [1.82, 2.24) is 9.97 Å². The van der Waals surface area contributed by atoms with E-state index in [1.807, 2.05) is 44.2 Å². The summed E-state index contributed by atoms with van der Waals surface area (Å²) in [7, 11) is -4.07. The molecule has 4 N–H and O–H groups in total. The molecule has 2 aromatic carbocycles. The highest BCUT2D eigenvalue weighted by atomic mass is 32.2. The molecule has 2 heterocycles. The number of fused-ring (bicyclic) bond motifs is 2. The summed E-state index contributed by atoms with van der Waals surface area (Å²) >= 11 is 0. The van der Waals surface area contributed by atoms with Gasteiger partial charge in [-0.25, -0.2) is 17.9 Å². The first-order valence-electron chi connectivity index (χ1n) is 10.1. The van der Waals surface area contributed by atoms with Crippen LogP contribution in [0.5, 0.6) is 0 Å². The van der Waals surface area contributed by atoms with Crippen molar-refractivity contribution in [3.8, 4) is 22.4 Å². The SMILES string of the molecule is CC(C)c1c(-c2cc(F)cc3[nH]ccc23)[nH]c(S(N)(=O)=O)c1-c1cccc2c1C=CC2. The van der Waals surface area contributed by atoms with Gasteiger partial charge in [-0.15, -0.1) is 0 Å². The molecule has 158 valence electrons. The van der Waals surface area contributed by atoms with Crippen LogP contribution in [-0.4, -0.2) is 18.4 Å². The molecule has 0 fully saturated rings. The van der Waals surface area contributed by atoms with Gasteiger partial charge in [0.2, 0.25) is 0 Å². The van der Waals surface area contributed by atoms with Crippen molar-refractivity contribution < 1.29 is 12.8 Å². The predicted octanol–water partition coefficient (Wildman–Crippen LogP) is 5.31. The normalized spacial score (nSPS) is 13.5. The molecular weight excluding hydrogens is 413 g/mol. The number of aromatic nitrogens is 2. The van der Waals surface area contributed by atoms with Crippen LogP contribution in [0, 0.1) is 5.82 Å². The predicted molar refractivity (Wildman–Crippen MR) is 122 cm³/mol. The second kappa shape index (κ2) is 6.93. The monoisotopic (exact) mass is 435 g/mol. The zero-order valence-corrected chi connectivity index (χ0v) is 18.0. The van der Waals surface area contributed by atoms with Crippen LogP contribution >= 0.6 is 0 Å². The molecule has 2 aromatic heterocycles. The maximum atomic E-state index is 14.5. The second-order valence-electron chi connectivity index (χ2n) is 8.19. The van der Waals surface area contributed by atoms with E-state index in [4.69, 9.17) is 5.14 Å². The van der Waals surface area contributed by atoms with Gasteiger partial charge >= 0.3 is 0 Å². The molecule has 0 unspecified atom stereocenters. The van der Waals surface area contributed by atoms with Gasteiger partial charge in [0.25, 0.3) is 10.0 Å². The standard InChI is InChI=1S/C24H22FN3O2S/c1-13(2)21-22(18-8-4-6-14-5-3-7-16(14)18)24(31(26,29)30)28-23(21)19-11-15(25)12-20-17(19)9-10-27-20/h3-4,6-13,27-28H,5H2,1-2H3,(H2,26,29,30). The number of rotatable bonds is 4. The minimum atomic E-state index is -4.07. The van der Waals surface area contributed by atoms with Crippen LogP contribution in [0.2, 0.25) is 0 Å². The van der Waals surface area contributed by atoms with Crippen molar-refractivity contribution in [3.63, 3.8) is 0 Å². The van der Waals surface area contributed by atoms with E-state index in [0.717, 1.165) is 34.1 Å². The van der Waals surface area contributed by atoms with Crippen LogP contribution in [0.3, 0.4) is 0 Å². The third-order valence-electron chi connectivity index (χ3n) is 5.86. The van der Waals surface area contributed by atoms with Crippen LogP contribution in [-0.2, 0) is 16.4 Å². The highest BCUT2D eigenvalue weighted by molar-refractivity contribution is 7.89. The van der Waals surface area contributed by atoms with E-state index in [1.54, 1.807) is 6.20 Å². The Labute approximate surface area is 179 Å². The minimum absolute atomic E-state index is 0.0461. The first kappa shape index (κ1) is 19.8. The highest BCUT2D eigenvalue weighted by Gasteiger charge is 2.30. The molecule has 0 saturated heterocycles. The Morgan fingerprint density at radius 3 is 2.68 bits per heavy atom. The fourth-order valence-electron chi connectivity index (χ4n) is 4.61. The third kappa shape index (κ3) is 3.12. The van der Waals surface area contributed by atoms with E-state index < -0.39 is 15.8 Å². The quantitative estimate of drug-likeness (QED) is 0.405. The van der Waals surface area contributed by atoms with Crippen molar-refractivity contribution in [3.05, 3.63) is 71.2 Å². The molecule has 1 aliphatic carbocycles. The number of benzene rings is 2. The van der Waals surface area contributed by atoms with Crippen molar-refractivity contribution >= 4 is 27.0 Å². The van der Waals surface area contributed by atoms with Gasteiger partial charge in [-0.3, -0.25) is 0 Å². The molecule has 5 rings (SSSR count). The fraction of sp³-hybridized carbons (Fsp3) is 0.167. The summed E-state index contributed by atoms with van der Waals surface area (Å²) in [5.74, 6) is -0.452. The number of allylic oxidation sites excluding steroid dienone is 1. The third-order valence-corrected chi connectivity index (χ3v) is 6.73. The number of halogens is 1. The Kier molecular flexibility index (Phi) is 4.42. The fourth-order valence-corrected chi connectivity index (χ4v) is 5.36. The maximum absolute atomic E-state index is 14.5. The van der Waals surface area contributed by atoms with Crippen LogP contribution < -0.4 is 5.14 Å². The van der Waals surface area contributed by atoms with Crippen LogP contribution in [0.25, 0.3) is 39.4 Å². The topological polar surface area (TPSA) is 91.7 Å². The Bertz CT molecular complexity index is 1480. The van der Waals surface area contributed by atoms with Gasteiger partial charge in [0.15, 0.2) is 5.03 Å². The van der Waals surface area contributed by atoms with Gasteiger partial charge in [0, 0.05) is 28.2 Å². The molecule has 0 radical (unpaired) electrons. The largest absolute Gasteiger partial charge is 0.361 e. The molecule has 0 bridgehead atoms. The lowest BCUT2D eigenvalue weighted by molar-refractivity contribution is 0.595. The molecule has 0 amide bonds. The lowest BCUT2D eigenvalue weighted by Gasteiger charge is -2.15. The average molecular weight is 436 g/mol. The number of nitrogens with one attached hydrogen (secondary N) is 2. The Hall–Kier alpha value is -3.16. The van der Waals surface area contributed by atoms with E-state index in [-0.39, 0.29) is 10.9 Å². The number of sulfonamides is 1. The molecule has 0 atom stereocenters. The molecule has 1 aliphatic rings. The van der Waals surface area contributed by atoms with Crippen LogP contribution in [0.4, 0.5) is 4.39 Å². The number of hydrogen-bond acceptors (Lipinski definition) is 2. The number of hydrogen-bond donors (Lipinski definition) is 3. The van der Waals surface area contributed by atoms with Gasteiger partial charge in [-0.05, 0) is 52.8 Å². The Morgan fingerprint density at radius 2 is 1.94 bits per heavy atom. The lowest BCUT2D eigenvalue weighted by Crippen LogP contribution is -2.14. The number of aromatic amines is 2. The molecule has 4 aromatic rings. The summed E-state index contributed by atoms with van der Waals surface area (Å²) < 4.78 is 39.8. The van der Waals surface area contributed by atoms with Gasteiger partial charge < -0.3 is 9.97 Å². The summed E-state index contributed by atoms with van der Waals surface area (Å²) in [6, 6.07) is 10.6. The second-order valence-corrected chi connectivity index (χ2v) is 9.69. The number of nitrogens with two attached hydrogens (primary N) is 1. The van der Waals surface area contributed by atoms with E-state index >= 15 is 0 Å². The minimum Gasteiger partial charge on any atom is -0.361 e. The van der Waals surface area contributed by atoms with Crippen molar-refractivity contribution in [2.45, 2.75) is 31.2 Å². The molecule has 5 nitrogen and oxygen atoms in total. The Balaban J connectivity index is 1.92. The van der Waals surface area contributed by atoms with Crippen LogP contribution in [0.1, 0.15) is 36.5 Å². The zero-order chi connectivity index (χ0) is 21.9. The van der Waals surface area contributed by atoms with Gasteiger partial charge in [0.05, 0.1) is 5.69 Å². The smallest absolute Gasteiger partial charge is 0.254 e. The van der Waals surface area contributed by atoms with Crippen molar-refractivity contribution in [2.75, 3.05) is 0 Å². The van der Waals surface area contributed by atoms with Crippen molar-refractivity contribution in [1.29, 1.82) is 0 Å². The van der Waals surface area contributed by atoms with E-state index in [9.17, 15) is 12.8 Å². The molecule has 7 heteroatoms. The summed E-state index contributed by atoms with van der Waals surface area (Å²) in [6.07, 6.45) is 6.61. The first-order chi connectivity index (χ1) is 14.8. The molecule has 31 heavy (non-hydrogen) atoms. The van der Waals surface area contributed by atoms with E-state index in [0.29, 0.717) is 22.3 Å². The lowest BCUT2D eigenvalue weighted by atomic mass is 9.89. The summed E-state index contributed by atoms with van der Waals surface area (Å²) in [4.78, 5) is 6.10. The molecule has 0 aliphatic heterocycles. The average Bonchev–Trinajstić information content (AvgIpc) is 3.43. The highest BCUT2D eigenvalue weighted by Crippen LogP contribution is 2.45. The first-order valence-corrected chi connectivity index (χ1v) is 11.6. The molecule has 0 saturated carbocycles. The summed E-state index contributed by atoms with van der Waals surface area (Å²) in [5, 5.41) is 6.42. The molecule has 0 spiro atoms. The van der Waals surface area contributed by atoms with E-state index in [1.165, 1.54) is 12.1 Å². The zero-order valence-electron chi connectivity index (χ0n) is 17.2. The van der Waals surface area contributed by atoms with E-state index in [2.05, 4.69) is 16.0 Å². The van der Waals surface area contributed by atoms with Gasteiger partial charge in [0.1, 0.15) is 5.82 Å². The van der Waals surface area contributed by atoms with Gasteiger partial charge in [-0.2, -0.15) is 0 Å². The number of primary sulfonamides is 1. The summed E-state index contributed by atoms with van der Waals surface area (Å²) in [6.45, 7) is 3.99. The number of H-pyrrole nitrogens is 2. The Morgan fingerprint density at radius 1 is 1.13 bits per heavy atom. The van der Waals surface area contributed by atoms with Gasteiger partial charge in [-0.1, -0.05) is 44.2 Å². The van der Waals surface area contributed by atoms with Crippen LogP contribution in [0.15, 0.2) is 53.7 Å².